The minimum absolute atomic E-state index is 0.359. The van der Waals surface area contributed by atoms with Crippen LogP contribution in [0, 0.1) is 24.4 Å². The van der Waals surface area contributed by atoms with Crippen LogP contribution in [-0.4, -0.2) is 30.0 Å². The monoisotopic (exact) mass is 401 g/mol. The fourth-order valence-electron chi connectivity index (χ4n) is 2.53. The molecule has 0 aliphatic heterocycles. The van der Waals surface area contributed by atoms with E-state index in [4.69, 9.17) is 0 Å². The molecule has 0 aliphatic rings. The largest absolute Gasteiger partial charge is 0.363 e. The molecular formula is C20H18F3N5O. The van der Waals surface area contributed by atoms with Gasteiger partial charge in [0.05, 0.1) is 5.56 Å². The Bertz CT molecular complexity index is 1050. The summed E-state index contributed by atoms with van der Waals surface area (Å²) in [6.07, 6.45) is 0. The quantitative estimate of drug-likeness (QED) is 0.625. The van der Waals surface area contributed by atoms with Crippen LogP contribution < -0.4 is 15.5 Å². The van der Waals surface area contributed by atoms with Gasteiger partial charge in [0.15, 0.2) is 17.5 Å². The lowest BCUT2D eigenvalue weighted by Crippen LogP contribution is -2.15. The van der Waals surface area contributed by atoms with Crippen LogP contribution >= 0.6 is 0 Å². The van der Waals surface area contributed by atoms with Crippen molar-refractivity contribution in [2.24, 2.45) is 0 Å². The molecule has 0 unspecified atom stereocenters. The van der Waals surface area contributed by atoms with Crippen molar-refractivity contribution >= 4 is 28.9 Å². The first-order valence-electron chi connectivity index (χ1n) is 8.59. The predicted octanol–water partition coefficient (Wildman–Crippen LogP) is 4.26. The van der Waals surface area contributed by atoms with E-state index in [-0.39, 0.29) is 0 Å². The van der Waals surface area contributed by atoms with E-state index < -0.39 is 28.9 Å². The van der Waals surface area contributed by atoms with Crippen molar-refractivity contribution < 1.29 is 18.0 Å². The molecule has 0 spiro atoms. The highest BCUT2D eigenvalue weighted by Crippen LogP contribution is 2.21. The number of nitrogens with zero attached hydrogens (tertiary/aromatic N) is 3. The van der Waals surface area contributed by atoms with Crippen LogP contribution in [0.25, 0.3) is 0 Å². The number of nitrogens with one attached hydrogen (secondary N) is 2. The second kappa shape index (κ2) is 8.17. The SMILES string of the molecule is Cc1nc(Nc2ccc(NC(=O)c3ccc(F)c(F)c3F)cc2)cc(N(C)C)n1. The zero-order valence-electron chi connectivity index (χ0n) is 15.9. The first-order chi connectivity index (χ1) is 13.7. The number of anilines is 4. The van der Waals surface area contributed by atoms with Crippen LogP contribution in [0.1, 0.15) is 16.2 Å². The van der Waals surface area contributed by atoms with Gasteiger partial charge < -0.3 is 15.5 Å². The maximum atomic E-state index is 13.7. The van der Waals surface area contributed by atoms with E-state index >= 15 is 0 Å². The highest BCUT2D eigenvalue weighted by molar-refractivity contribution is 6.04. The molecule has 0 saturated carbocycles. The summed E-state index contributed by atoms with van der Waals surface area (Å²) in [6.45, 7) is 1.79. The summed E-state index contributed by atoms with van der Waals surface area (Å²) in [6, 6.07) is 9.91. The summed E-state index contributed by atoms with van der Waals surface area (Å²) < 4.78 is 40.0. The van der Waals surface area contributed by atoms with Crippen molar-refractivity contribution in [1.29, 1.82) is 0 Å². The molecule has 1 heterocycles. The Labute approximate surface area is 165 Å². The number of aryl methyl sites for hydroxylation is 1. The minimum Gasteiger partial charge on any atom is -0.363 e. The van der Waals surface area contributed by atoms with E-state index in [2.05, 4.69) is 20.6 Å². The van der Waals surface area contributed by atoms with E-state index in [0.717, 1.165) is 11.9 Å². The summed E-state index contributed by atoms with van der Waals surface area (Å²) in [4.78, 5) is 22.6. The Kier molecular flexibility index (Phi) is 5.67. The van der Waals surface area contributed by atoms with E-state index in [1.807, 2.05) is 19.0 Å². The average molecular weight is 401 g/mol. The second-order valence-electron chi connectivity index (χ2n) is 6.43. The van der Waals surface area contributed by atoms with Gasteiger partial charge in [0.1, 0.15) is 17.5 Å². The number of aromatic nitrogens is 2. The normalized spacial score (nSPS) is 10.6. The molecule has 3 rings (SSSR count). The lowest BCUT2D eigenvalue weighted by Gasteiger charge is -2.14. The van der Waals surface area contributed by atoms with Gasteiger partial charge in [-0.25, -0.2) is 23.1 Å². The lowest BCUT2D eigenvalue weighted by molar-refractivity contribution is 0.102. The van der Waals surface area contributed by atoms with Gasteiger partial charge in [-0.15, -0.1) is 0 Å². The van der Waals surface area contributed by atoms with Gasteiger partial charge in [-0.05, 0) is 43.3 Å². The number of halogens is 3. The van der Waals surface area contributed by atoms with Gasteiger partial charge in [-0.2, -0.15) is 0 Å². The number of benzene rings is 2. The van der Waals surface area contributed by atoms with Crippen LogP contribution in [0.5, 0.6) is 0 Å². The molecule has 3 aromatic rings. The van der Waals surface area contributed by atoms with Gasteiger partial charge in [0.25, 0.3) is 5.91 Å². The topological polar surface area (TPSA) is 70.2 Å². The van der Waals surface area contributed by atoms with E-state index in [9.17, 15) is 18.0 Å². The number of carbonyl (C=O) groups is 1. The first-order valence-corrected chi connectivity index (χ1v) is 8.59. The van der Waals surface area contributed by atoms with Crippen LogP contribution in [-0.2, 0) is 0 Å². The number of carbonyl (C=O) groups excluding carboxylic acids is 1. The Hall–Kier alpha value is -3.62. The molecule has 0 atom stereocenters. The third-order valence-corrected chi connectivity index (χ3v) is 3.98. The minimum atomic E-state index is -1.69. The molecule has 0 saturated heterocycles. The zero-order valence-corrected chi connectivity index (χ0v) is 15.9. The fraction of sp³-hybridized carbons (Fsp3) is 0.150. The molecule has 29 heavy (non-hydrogen) atoms. The van der Waals surface area contributed by atoms with Crippen molar-refractivity contribution in [3.8, 4) is 0 Å². The summed E-state index contributed by atoms with van der Waals surface area (Å²) in [7, 11) is 3.75. The molecule has 2 aromatic carbocycles. The molecule has 2 N–H and O–H groups in total. The van der Waals surface area contributed by atoms with E-state index in [0.29, 0.717) is 29.1 Å². The van der Waals surface area contributed by atoms with Gasteiger partial charge in [-0.1, -0.05) is 0 Å². The summed E-state index contributed by atoms with van der Waals surface area (Å²) >= 11 is 0. The Morgan fingerprint density at radius 1 is 0.931 bits per heavy atom. The Morgan fingerprint density at radius 2 is 1.59 bits per heavy atom. The van der Waals surface area contributed by atoms with Crippen molar-refractivity contribution in [2.75, 3.05) is 29.6 Å². The number of hydrogen-bond acceptors (Lipinski definition) is 5. The van der Waals surface area contributed by atoms with E-state index in [1.54, 1.807) is 37.3 Å². The summed E-state index contributed by atoms with van der Waals surface area (Å²) in [5.41, 5.74) is 0.473. The van der Waals surface area contributed by atoms with Gasteiger partial charge >= 0.3 is 0 Å². The molecule has 0 fully saturated rings. The van der Waals surface area contributed by atoms with Gasteiger partial charge in [0.2, 0.25) is 0 Å². The third kappa shape index (κ3) is 4.63. The van der Waals surface area contributed by atoms with Crippen molar-refractivity contribution in [3.63, 3.8) is 0 Å². The zero-order chi connectivity index (χ0) is 21.1. The van der Waals surface area contributed by atoms with Crippen molar-refractivity contribution in [1.82, 2.24) is 9.97 Å². The van der Waals surface area contributed by atoms with Crippen LogP contribution in [0.4, 0.5) is 36.2 Å². The molecule has 9 heteroatoms. The van der Waals surface area contributed by atoms with Crippen molar-refractivity contribution in [3.05, 3.63) is 71.3 Å². The third-order valence-electron chi connectivity index (χ3n) is 3.98. The maximum Gasteiger partial charge on any atom is 0.258 e. The molecule has 1 amide bonds. The van der Waals surface area contributed by atoms with Crippen LogP contribution in [0.3, 0.4) is 0 Å². The highest BCUT2D eigenvalue weighted by Gasteiger charge is 2.18. The van der Waals surface area contributed by atoms with Crippen LogP contribution in [0.2, 0.25) is 0 Å². The average Bonchev–Trinajstić information content (AvgIpc) is 2.67. The Morgan fingerprint density at radius 3 is 2.24 bits per heavy atom. The molecule has 0 aliphatic carbocycles. The highest BCUT2D eigenvalue weighted by atomic mass is 19.2. The standard InChI is InChI=1S/C20H18F3N5O/c1-11-24-16(10-17(25-11)28(2)3)26-12-4-6-13(7-5-12)27-20(29)14-8-9-15(21)19(23)18(14)22/h4-10H,1-3H3,(H,27,29)(H,24,25,26). The fourth-order valence-corrected chi connectivity index (χ4v) is 2.53. The smallest absolute Gasteiger partial charge is 0.258 e. The Balaban J connectivity index is 1.72. The van der Waals surface area contributed by atoms with E-state index in [1.165, 1.54) is 0 Å². The molecule has 6 nitrogen and oxygen atoms in total. The van der Waals surface area contributed by atoms with Gasteiger partial charge in [-0.3, -0.25) is 4.79 Å². The van der Waals surface area contributed by atoms with Crippen molar-refractivity contribution in [2.45, 2.75) is 6.92 Å². The molecule has 150 valence electrons. The molecule has 0 radical (unpaired) electrons. The van der Waals surface area contributed by atoms with Gasteiger partial charge in [0, 0.05) is 31.5 Å². The summed E-state index contributed by atoms with van der Waals surface area (Å²) in [5.74, 6) is -3.50. The maximum absolute atomic E-state index is 13.7. The molecular weight excluding hydrogens is 383 g/mol. The lowest BCUT2D eigenvalue weighted by atomic mass is 10.1. The molecule has 0 bridgehead atoms. The predicted molar refractivity (Wildman–Crippen MR) is 105 cm³/mol. The number of hydrogen-bond donors (Lipinski definition) is 2. The molecule has 1 aromatic heterocycles. The first kappa shape index (κ1) is 20.1. The number of amides is 1. The number of rotatable bonds is 5. The summed E-state index contributed by atoms with van der Waals surface area (Å²) in [5, 5.41) is 5.58. The van der Waals surface area contributed by atoms with Crippen LogP contribution in [0.15, 0.2) is 42.5 Å². The second-order valence-corrected chi connectivity index (χ2v) is 6.43.